The Morgan fingerprint density at radius 2 is 1.51 bits per heavy atom. The fourth-order valence-electron chi connectivity index (χ4n) is 4.62. The van der Waals surface area contributed by atoms with E-state index < -0.39 is 11.7 Å². The third kappa shape index (κ3) is 4.52. The SMILES string of the molecule is COc1ccc([C@H]2O[C@@]23COc2cc(OCc4ccccc4)ccc2C3=O)cc1OCc1ccccc1. The molecule has 0 radical (unpaired) electrons. The van der Waals surface area contributed by atoms with E-state index >= 15 is 0 Å². The Morgan fingerprint density at radius 3 is 2.22 bits per heavy atom. The van der Waals surface area contributed by atoms with Gasteiger partial charge < -0.3 is 23.7 Å². The van der Waals surface area contributed by atoms with Crippen LogP contribution < -0.4 is 18.9 Å². The van der Waals surface area contributed by atoms with Gasteiger partial charge in [-0.1, -0.05) is 66.7 Å². The summed E-state index contributed by atoms with van der Waals surface area (Å²) >= 11 is 0. The van der Waals surface area contributed by atoms with Crippen LogP contribution in [0.25, 0.3) is 0 Å². The van der Waals surface area contributed by atoms with Crippen molar-refractivity contribution in [3.05, 3.63) is 119 Å². The molecule has 4 aromatic rings. The average Bonchev–Trinajstić information content (AvgIpc) is 3.69. The van der Waals surface area contributed by atoms with Crippen molar-refractivity contribution in [3.63, 3.8) is 0 Å². The van der Waals surface area contributed by atoms with Gasteiger partial charge in [0.15, 0.2) is 17.1 Å². The summed E-state index contributed by atoms with van der Waals surface area (Å²) in [6.07, 6.45) is -0.424. The highest BCUT2D eigenvalue weighted by Gasteiger charge is 2.65. The van der Waals surface area contributed by atoms with Gasteiger partial charge in [0, 0.05) is 6.07 Å². The maximum absolute atomic E-state index is 13.5. The van der Waals surface area contributed by atoms with Crippen LogP contribution in [0.3, 0.4) is 0 Å². The van der Waals surface area contributed by atoms with Crippen molar-refractivity contribution < 1.29 is 28.5 Å². The molecule has 37 heavy (non-hydrogen) atoms. The topological polar surface area (TPSA) is 66.5 Å². The monoisotopic (exact) mass is 494 g/mol. The highest BCUT2D eigenvalue weighted by Crippen LogP contribution is 2.55. The Kier molecular flexibility index (Phi) is 6.02. The molecule has 2 atom stereocenters. The van der Waals surface area contributed by atoms with Crippen LogP contribution in [-0.4, -0.2) is 25.1 Å². The first kappa shape index (κ1) is 23.1. The summed E-state index contributed by atoms with van der Waals surface area (Å²) in [5, 5.41) is 0. The molecule has 0 unspecified atom stereocenters. The maximum atomic E-state index is 13.5. The van der Waals surface area contributed by atoms with E-state index in [1.807, 2.05) is 78.9 Å². The van der Waals surface area contributed by atoms with Crippen LogP contribution in [0.4, 0.5) is 0 Å². The highest BCUT2D eigenvalue weighted by atomic mass is 16.6. The minimum Gasteiger partial charge on any atom is -0.493 e. The maximum Gasteiger partial charge on any atom is 0.205 e. The summed E-state index contributed by atoms with van der Waals surface area (Å²) in [4.78, 5) is 13.5. The minimum absolute atomic E-state index is 0.0871. The van der Waals surface area contributed by atoms with Crippen LogP contribution >= 0.6 is 0 Å². The summed E-state index contributed by atoms with van der Waals surface area (Å²) in [5.74, 6) is 2.29. The largest absolute Gasteiger partial charge is 0.493 e. The quantitative estimate of drug-likeness (QED) is 0.283. The Balaban J connectivity index is 1.17. The molecule has 186 valence electrons. The summed E-state index contributed by atoms with van der Waals surface area (Å²) in [7, 11) is 1.60. The van der Waals surface area contributed by atoms with Gasteiger partial charge >= 0.3 is 0 Å². The molecule has 0 bridgehead atoms. The lowest BCUT2D eigenvalue weighted by atomic mass is 9.89. The van der Waals surface area contributed by atoms with E-state index in [2.05, 4.69) is 0 Å². The number of ether oxygens (including phenoxy) is 5. The van der Waals surface area contributed by atoms with Crippen molar-refractivity contribution in [2.75, 3.05) is 13.7 Å². The summed E-state index contributed by atoms with van der Waals surface area (Å²) < 4.78 is 29.5. The Morgan fingerprint density at radius 1 is 0.811 bits per heavy atom. The average molecular weight is 495 g/mol. The Labute approximate surface area is 215 Å². The molecule has 0 N–H and O–H groups in total. The van der Waals surface area contributed by atoms with Crippen molar-refractivity contribution in [1.29, 1.82) is 0 Å². The van der Waals surface area contributed by atoms with Gasteiger partial charge in [-0.05, 0) is 41.0 Å². The first-order chi connectivity index (χ1) is 18.2. The van der Waals surface area contributed by atoms with Crippen LogP contribution in [-0.2, 0) is 18.0 Å². The summed E-state index contributed by atoms with van der Waals surface area (Å²) in [6.45, 7) is 0.980. The molecular formula is C31H26O6. The molecule has 2 aliphatic heterocycles. The predicted molar refractivity (Wildman–Crippen MR) is 137 cm³/mol. The van der Waals surface area contributed by atoms with E-state index in [9.17, 15) is 4.79 Å². The zero-order chi connectivity index (χ0) is 25.2. The molecule has 1 fully saturated rings. The molecule has 6 nitrogen and oxygen atoms in total. The molecule has 4 aromatic carbocycles. The standard InChI is InChI=1S/C31H26O6/c1-33-26-15-12-23(16-28(26)35-19-22-10-6-3-7-11-22)30-31(37-30)20-36-27-17-24(13-14-25(27)29(31)32)34-18-21-8-4-2-5-9-21/h2-17,30H,18-20H2,1H3/t30-,31-/m1/s1. The smallest absolute Gasteiger partial charge is 0.205 e. The van der Waals surface area contributed by atoms with Crippen LogP contribution in [0.15, 0.2) is 97.1 Å². The summed E-state index contributed by atoms with van der Waals surface area (Å²) in [5.41, 5.74) is 2.41. The third-order valence-electron chi connectivity index (χ3n) is 6.69. The van der Waals surface area contributed by atoms with E-state index in [1.54, 1.807) is 25.3 Å². The number of rotatable bonds is 8. The third-order valence-corrected chi connectivity index (χ3v) is 6.69. The van der Waals surface area contributed by atoms with E-state index in [0.29, 0.717) is 41.8 Å². The molecule has 2 heterocycles. The Bertz CT molecular complexity index is 1420. The molecule has 1 spiro atoms. The molecule has 0 saturated carbocycles. The normalized spacial score (nSPS) is 19.6. The van der Waals surface area contributed by atoms with Crippen LogP contribution in [0, 0.1) is 0 Å². The van der Waals surface area contributed by atoms with Crippen LogP contribution in [0.2, 0.25) is 0 Å². The van der Waals surface area contributed by atoms with E-state index in [1.165, 1.54) is 0 Å². The van der Waals surface area contributed by atoms with Gasteiger partial charge in [0.2, 0.25) is 5.78 Å². The molecule has 0 aromatic heterocycles. The van der Waals surface area contributed by atoms with Crippen molar-refractivity contribution in [2.24, 2.45) is 0 Å². The lowest BCUT2D eigenvalue weighted by Gasteiger charge is -2.23. The van der Waals surface area contributed by atoms with Crippen molar-refractivity contribution in [1.82, 2.24) is 0 Å². The van der Waals surface area contributed by atoms with E-state index in [4.69, 9.17) is 23.7 Å². The number of ketones is 1. The van der Waals surface area contributed by atoms with Gasteiger partial charge in [-0.25, -0.2) is 0 Å². The summed E-state index contributed by atoms with van der Waals surface area (Å²) in [6, 6.07) is 30.8. The van der Waals surface area contributed by atoms with Gasteiger partial charge in [0.1, 0.15) is 37.4 Å². The molecule has 1 saturated heterocycles. The molecule has 0 aliphatic carbocycles. The molecule has 6 heteroatoms. The number of Topliss-reactive ketones (excluding diaryl/α,β-unsaturated/α-hetero) is 1. The van der Waals surface area contributed by atoms with Gasteiger partial charge in [-0.3, -0.25) is 4.79 Å². The van der Waals surface area contributed by atoms with Gasteiger partial charge in [0.25, 0.3) is 0 Å². The van der Waals surface area contributed by atoms with Crippen LogP contribution in [0.5, 0.6) is 23.0 Å². The number of carbonyl (C=O) groups is 1. The minimum atomic E-state index is -1.04. The molecule has 0 amide bonds. The lowest BCUT2D eigenvalue weighted by Crippen LogP contribution is -2.37. The van der Waals surface area contributed by atoms with Gasteiger partial charge in [-0.2, -0.15) is 0 Å². The van der Waals surface area contributed by atoms with Gasteiger partial charge in [-0.15, -0.1) is 0 Å². The number of hydrogen-bond donors (Lipinski definition) is 0. The number of fused-ring (bicyclic) bond motifs is 1. The van der Waals surface area contributed by atoms with Crippen molar-refractivity contribution in [3.8, 4) is 23.0 Å². The highest BCUT2D eigenvalue weighted by molar-refractivity contribution is 6.08. The van der Waals surface area contributed by atoms with Crippen molar-refractivity contribution >= 4 is 5.78 Å². The fourth-order valence-corrected chi connectivity index (χ4v) is 4.62. The van der Waals surface area contributed by atoms with Crippen molar-refractivity contribution in [2.45, 2.75) is 24.9 Å². The second kappa shape index (κ2) is 9.64. The first-order valence-corrected chi connectivity index (χ1v) is 12.2. The van der Waals surface area contributed by atoms with Crippen LogP contribution in [0.1, 0.15) is 33.2 Å². The number of epoxide rings is 1. The molecular weight excluding hydrogens is 468 g/mol. The number of carbonyl (C=O) groups excluding carboxylic acids is 1. The number of hydrogen-bond acceptors (Lipinski definition) is 6. The lowest BCUT2D eigenvalue weighted by molar-refractivity contribution is 0.0755. The Hall–Kier alpha value is -4.29. The zero-order valence-corrected chi connectivity index (χ0v) is 20.4. The van der Waals surface area contributed by atoms with E-state index in [0.717, 1.165) is 16.7 Å². The second-order valence-electron chi connectivity index (χ2n) is 9.12. The molecule has 2 aliphatic rings. The van der Waals surface area contributed by atoms with Gasteiger partial charge in [0.05, 0.1) is 12.7 Å². The molecule has 6 rings (SSSR count). The number of benzene rings is 4. The first-order valence-electron chi connectivity index (χ1n) is 12.2. The predicted octanol–water partition coefficient (Wildman–Crippen LogP) is 5.94. The fraction of sp³-hybridized carbons (Fsp3) is 0.194. The zero-order valence-electron chi connectivity index (χ0n) is 20.4. The van der Waals surface area contributed by atoms with E-state index in [-0.39, 0.29) is 12.4 Å². The second-order valence-corrected chi connectivity index (χ2v) is 9.12. The number of methoxy groups -OCH3 is 1.